The second-order valence-electron chi connectivity index (χ2n) is 5.19. The van der Waals surface area contributed by atoms with Gasteiger partial charge < -0.3 is 5.73 Å². The molecule has 3 heterocycles. The van der Waals surface area contributed by atoms with Crippen LogP contribution in [0.1, 0.15) is 18.3 Å². The van der Waals surface area contributed by atoms with Crippen LogP contribution in [0.25, 0.3) is 22.3 Å². The first-order valence-electron chi connectivity index (χ1n) is 7.32. The number of rotatable bonds is 3. The quantitative estimate of drug-likeness (QED) is 0.799. The molecule has 110 valence electrons. The normalized spacial score (nSPS) is 10.6. The summed E-state index contributed by atoms with van der Waals surface area (Å²) in [5, 5.41) is 0. The van der Waals surface area contributed by atoms with E-state index in [4.69, 9.17) is 5.73 Å². The Kier molecular flexibility index (Phi) is 3.83. The molecular formula is C18H18N4. The molecule has 22 heavy (non-hydrogen) atoms. The summed E-state index contributed by atoms with van der Waals surface area (Å²) < 4.78 is 0. The summed E-state index contributed by atoms with van der Waals surface area (Å²) in [6.45, 7) is 4.11. The van der Waals surface area contributed by atoms with Gasteiger partial charge >= 0.3 is 0 Å². The number of hydrogen-bond acceptors (Lipinski definition) is 4. The highest BCUT2D eigenvalue weighted by Gasteiger charge is 2.13. The van der Waals surface area contributed by atoms with Crippen LogP contribution in [0.5, 0.6) is 0 Å². The molecule has 0 fully saturated rings. The first-order valence-corrected chi connectivity index (χ1v) is 7.32. The summed E-state index contributed by atoms with van der Waals surface area (Å²) in [6, 6.07) is 9.97. The number of nitrogens with two attached hydrogens (primary N) is 1. The fraction of sp³-hybridized carbons (Fsp3) is 0.167. The van der Waals surface area contributed by atoms with Gasteiger partial charge in [-0.3, -0.25) is 9.97 Å². The number of hydrogen-bond donors (Lipinski definition) is 1. The van der Waals surface area contributed by atoms with Crippen molar-refractivity contribution >= 4 is 5.82 Å². The van der Waals surface area contributed by atoms with Gasteiger partial charge in [0.1, 0.15) is 5.82 Å². The number of aromatic nitrogens is 3. The Hall–Kier alpha value is -2.75. The summed E-state index contributed by atoms with van der Waals surface area (Å²) in [7, 11) is 0. The first-order chi connectivity index (χ1) is 10.7. The van der Waals surface area contributed by atoms with Crippen molar-refractivity contribution < 1.29 is 0 Å². The van der Waals surface area contributed by atoms with Gasteiger partial charge in [-0.05, 0) is 54.8 Å². The van der Waals surface area contributed by atoms with Crippen LogP contribution in [0.3, 0.4) is 0 Å². The standard InChI is InChI=1S/C18H18N4/c1-3-16-18(14-4-5-17(19)22-11-14)15(7-9-21-16)13-6-8-20-12(2)10-13/h4-11H,3H2,1-2H3,(H2,19,22). The minimum absolute atomic E-state index is 0.520. The zero-order valence-electron chi connectivity index (χ0n) is 12.7. The summed E-state index contributed by atoms with van der Waals surface area (Å²) in [5.74, 6) is 0.520. The minimum Gasteiger partial charge on any atom is -0.384 e. The lowest BCUT2D eigenvalue weighted by atomic mass is 9.94. The Morgan fingerprint density at radius 1 is 0.955 bits per heavy atom. The van der Waals surface area contributed by atoms with Crippen molar-refractivity contribution in [2.24, 2.45) is 0 Å². The van der Waals surface area contributed by atoms with Gasteiger partial charge in [-0.15, -0.1) is 0 Å². The minimum atomic E-state index is 0.520. The van der Waals surface area contributed by atoms with Gasteiger partial charge in [-0.1, -0.05) is 6.92 Å². The van der Waals surface area contributed by atoms with Crippen LogP contribution in [0.2, 0.25) is 0 Å². The molecule has 0 saturated carbocycles. The van der Waals surface area contributed by atoms with Crippen molar-refractivity contribution in [3.63, 3.8) is 0 Å². The molecule has 0 bridgehead atoms. The molecule has 3 aromatic rings. The van der Waals surface area contributed by atoms with E-state index in [9.17, 15) is 0 Å². The van der Waals surface area contributed by atoms with Crippen LogP contribution in [-0.4, -0.2) is 15.0 Å². The lowest BCUT2D eigenvalue weighted by molar-refractivity contribution is 1.04. The average Bonchev–Trinajstić information content (AvgIpc) is 2.55. The third-order valence-corrected chi connectivity index (χ3v) is 3.65. The van der Waals surface area contributed by atoms with E-state index >= 15 is 0 Å². The smallest absolute Gasteiger partial charge is 0.123 e. The summed E-state index contributed by atoms with van der Waals surface area (Å²) in [5.41, 5.74) is 12.2. The molecule has 0 aliphatic rings. The maximum Gasteiger partial charge on any atom is 0.123 e. The maximum atomic E-state index is 5.71. The molecule has 0 aromatic carbocycles. The topological polar surface area (TPSA) is 64.7 Å². The van der Waals surface area contributed by atoms with E-state index in [1.807, 2.05) is 49.8 Å². The molecule has 3 aromatic heterocycles. The van der Waals surface area contributed by atoms with Crippen LogP contribution >= 0.6 is 0 Å². The summed E-state index contributed by atoms with van der Waals surface area (Å²) in [6.07, 6.45) is 6.36. The highest BCUT2D eigenvalue weighted by Crippen LogP contribution is 2.34. The fourth-order valence-corrected chi connectivity index (χ4v) is 2.60. The third-order valence-electron chi connectivity index (χ3n) is 3.65. The predicted molar refractivity (Wildman–Crippen MR) is 89.2 cm³/mol. The van der Waals surface area contributed by atoms with Crippen LogP contribution < -0.4 is 5.73 Å². The Bertz CT molecular complexity index is 794. The van der Waals surface area contributed by atoms with Gasteiger partial charge in [-0.2, -0.15) is 0 Å². The molecule has 0 unspecified atom stereocenters. The highest BCUT2D eigenvalue weighted by atomic mass is 14.8. The van der Waals surface area contributed by atoms with E-state index in [2.05, 4.69) is 27.9 Å². The second-order valence-corrected chi connectivity index (χ2v) is 5.19. The van der Waals surface area contributed by atoms with Crippen molar-refractivity contribution in [1.82, 2.24) is 15.0 Å². The molecule has 0 aliphatic carbocycles. The van der Waals surface area contributed by atoms with E-state index < -0.39 is 0 Å². The van der Waals surface area contributed by atoms with E-state index in [1.165, 1.54) is 0 Å². The number of anilines is 1. The van der Waals surface area contributed by atoms with Crippen LogP contribution in [0, 0.1) is 6.92 Å². The van der Waals surface area contributed by atoms with Crippen molar-refractivity contribution in [2.45, 2.75) is 20.3 Å². The monoisotopic (exact) mass is 290 g/mol. The summed E-state index contributed by atoms with van der Waals surface area (Å²) in [4.78, 5) is 13.0. The average molecular weight is 290 g/mol. The number of pyridine rings is 3. The van der Waals surface area contributed by atoms with Crippen molar-refractivity contribution in [2.75, 3.05) is 5.73 Å². The Labute approximate surface area is 130 Å². The van der Waals surface area contributed by atoms with Gasteiger partial charge in [0.2, 0.25) is 0 Å². The second kappa shape index (κ2) is 5.93. The third kappa shape index (κ3) is 2.68. The lowest BCUT2D eigenvalue weighted by Gasteiger charge is -2.14. The van der Waals surface area contributed by atoms with Gasteiger partial charge in [0, 0.05) is 41.1 Å². The molecular weight excluding hydrogens is 272 g/mol. The number of nitrogens with zero attached hydrogens (tertiary/aromatic N) is 3. The molecule has 4 nitrogen and oxygen atoms in total. The van der Waals surface area contributed by atoms with E-state index in [1.54, 1.807) is 0 Å². The van der Waals surface area contributed by atoms with Crippen LogP contribution in [0.15, 0.2) is 48.9 Å². The number of nitrogen functional groups attached to an aromatic ring is 1. The molecule has 3 rings (SSSR count). The van der Waals surface area contributed by atoms with Gasteiger partial charge in [0.15, 0.2) is 0 Å². The van der Waals surface area contributed by atoms with E-state index in [0.717, 1.165) is 40.1 Å². The Balaban J connectivity index is 2.25. The molecule has 2 N–H and O–H groups in total. The van der Waals surface area contributed by atoms with Crippen LogP contribution in [-0.2, 0) is 6.42 Å². The molecule has 0 radical (unpaired) electrons. The van der Waals surface area contributed by atoms with Gasteiger partial charge in [0.25, 0.3) is 0 Å². The largest absolute Gasteiger partial charge is 0.384 e. The highest BCUT2D eigenvalue weighted by molar-refractivity contribution is 5.84. The van der Waals surface area contributed by atoms with E-state index in [0.29, 0.717) is 5.82 Å². The first kappa shape index (κ1) is 14.2. The summed E-state index contributed by atoms with van der Waals surface area (Å²) >= 11 is 0. The van der Waals surface area contributed by atoms with Gasteiger partial charge in [-0.25, -0.2) is 4.98 Å². The molecule has 0 amide bonds. The zero-order chi connectivity index (χ0) is 15.5. The molecule has 4 heteroatoms. The maximum absolute atomic E-state index is 5.71. The van der Waals surface area contributed by atoms with Crippen molar-refractivity contribution in [1.29, 1.82) is 0 Å². The SMILES string of the molecule is CCc1nccc(-c2ccnc(C)c2)c1-c1ccc(N)nc1. The Morgan fingerprint density at radius 2 is 1.77 bits per heavy atom. The van der Waals surface area contributed by atoms with Gasteiger partial charge in [0.05, 0.1) is 0 Å². The number of aryl methyl sites for hydroxylation is 2. The molecule has 0 aliphatic heterocycles. The molecule has 0 spiro atoms. The molecule has 0 atom stereocenters. The predicted octanol–water partition coefficient (Wildman–Crippen LogP) is 3.66. The lowest BCUT2D eigenvalue weighted by Crippen LogP contribution is -1.97. The van der Waals surface area contributed by atoms with E-state index in [-0.39, 0.29) is 0 Å². The van der Waals surface area contributed by atoms with Crippen LogP contribution in [0.4, 0.5) is 5.82 Å². The van der Waals surface area contributed by atoms with Crippen molar-refractivity contribution in [3.05, 3.63) is 60.3 Å². The molecule has 0 saturated heterocycles. The van der Waals surface area contributed by atoms with Crippen molar-refractivity contribution in [3.8, 4) is 22.3 Å². The zero-order valence-corrected chi connectivity index (χ0v) is 12.7. The Morgan fingerprint density at radius 3 is 2.45 bits per heavy atom. The fourth-order valence-electron chi connectivity index (χ4n) is 2.60.